The van der Waals surface area contributed by atoms with Gasteiger partial charge in [-0.25, -0.2) is 0 Å². The van der Waals surface area contributed by atoms with Gasteiger partial charge in [-0.1, -0.05) is 27.7 Å². The second-order valence-corrected chi connectivity index (χ2v) is 7.18. The highest BCUT2D eigenvalue weighted by Gasteiger charge is 2.27. The van der Waals surface area contributed by atoms with Crippen LogP contribution in [0.25, 0.3) is 0 Å². The molecule has 1 aliphatic heterocycles. The van der Waals surface area contributed by atoms with Crippen LogP contribution in [-0.2, 0) is 27.9 Å². The molecule has 0 N–H and O–H groups in total. The number of hydrogen-bond donors (Lipinski definition) is 0. The molecule has 2 atom stereocenters. The zero-order valence-electron chi connectivity index (χ0n) is 16.2. The van der Waals surface area contributed by atoms with Crippen LogP contribution in [0.15, 0.2) is 0 Å². The molecule has 0 spiro atoms. The van der Waals surface area contributed by atoms with Gasteiger partial charge in [0.15, 0.2) is 0 Å². The maximum atomic E-state index is 5.79. The summed E-state index contributed by atoms with van der Waals surface area (Å²) in [6.07, 6.45) is 0.957. The van der Waals surface area contributed by atoms with E-state index in [0.717, 1.165) is 6.42 Å². The van der Waals surface area contributed by atoms with Gasteiger partial charge in [0.1, 0.15) is 0 Å². The van der Waals surface area contributed by atoms with E-state index in [2.05, 4.69) is 20.8 Å². The quantitative estimate of drug-likeness (QED) is 0.508. The van der Waals surface area contributed by atoms with E-state index in [4.69, 9.17) is 27.9 Å². The van der Waals surface area contributed by atoms with Gasteiger partial charge in [0, 0.05) is 39.1 Å². The summed E-state index contributed by atoms with van der Waals surface area (Å²) >= 11 is 0. The van der Waals surface area contributed by atoms with Gasteiger partial charge in [0.2, 0.25) is 0 Å². The second kappa shape index (κ2) is 12.3. The van der Waals surface area contributed by atoms with Gasteiger partial charge >= 0.3 is 14.6 Å². The van der Waals surface area contributed by atoms with Crippen molar-refractivity contribution in [3.63, 3.8) is 0 Å². The highest BCUT2D eigenvalue weighted by atomic mass is 16.7. The van der Waals surface area contributed by atoms with Crippen molar-refractivity contribution in [3.8, 4) is 0 Å². The minimum absolute atomic E-state index is 0.0416. The third-order valence-corrected chi connectivity index (χ3v) is 3.85. The van der Waals surface area contributed by atoms with Crippen molar-refractivity contribution in [2.75, 3.05) is 33.0 Å². The van der Waals surface area contributed by atoms with Crippen LogP contribution in [0.5, 0.6) is 0 Å². The molecule has 140 valence electrons. The van der Waals surface area contributed by atoms with Gasteiger partial charge in [-0.15, -0.1) is 0 Å². The fourth-order valence-corrected chi connectivity index (χ4v) is 1.87. The van der Waals surface area contributed by atoms with Crippen molar-refractivity contribution < 1.29 is 27.9 Å². The molecule has 1 aliphatic rings. The minimum Gasteiger partial charge on any atom is -0.386 e. The highest BCUT2D eigenvalue weighted by molar-refractivity contribution is 6.36. The Hall–Kier alpha value is -0.110. The molecule has 0 bridgehead atoms. The predicted octanol–water partition coefficient (Wildman–Crippen LogP) is 2.80. The van der Waals surface area contributed by atoms with Crippen LogP contribution in [0.4, 0.5) is 0 Å². The molecule has 24 heavy (non-hydrogen) atoms. The van der Waals surface area contributed by atoms with Crippen molar-refractivity contribution in [1.29, 1.82) is 0 Å². The van der Waals surface area contributed by atoms with Gasteiger partial charge in [0.05, 0.1) is 0 Å². The first-order valence-corrected chi connectivity index (χ1v) is 9.12. The minimum atomic E-state index is -0.643. The topological polar surface area (TPSA) is 55.4 Å². The standard InChI is InChI=1S/C16H34B2O6/c1-13(2)16(6)12-23-18(24-14(3)4)22-11-15(5)10-21-17-19-8-7-9-20-17/h13-16H,7-12H2,1-6H3. The van der Waals surface area contributed by atoms with E-state index in [1.807, 2.05) is 20.8 Å². The van der Waals surface area contributed by atoms with Crippen LogP contribution < -0.4 is 0 Å². The van der Waals surface area contributed by atoms with Crippen LogP contribution in [0.3, 0.4) is 0 Å². The lowest BCUT2D eigenvalue weighted by molar-refractivity contribution is 0.0251. The molecule has 0 radical (unpaired) electrons. The molecule has 8 heteroatoms. The van der Waals surface area contributed by atoms with Crippen LogP contribution in [-0.4, -0.2) is 53.8 Å². The second-order valence-electron chi connectivity index (χ2n) is 7.18. The van der Waals surface area contributed by atoms with Crippen molar-refractivity contribution in [2.24, 2.45) is 17.8 Å². The van der Waals surface area contributed by atoms with Crippen molar-refractivity contribution >= 4 is 14.6 Å². The predicted molar refractivity (Wildman–Crippen MR) is 95.3 cm³/mol. The number of rotatable bonds is 12. The summed E-state index contributed by atoms with van der Waals surface area (Å²) in [7, 11) is -1.19. The Morgan fingerprint density at radius 1 is 0.917 bits per heavy atom. The summed E-state index contributed by atoms with van der Waals surface area (Å²) in [5.41, 5.74) is 0. The lowest BCUT2D eigenvalue weighted by Gasteiger charge is -2.23. The first-order chi connectivity index (χ1) is 11.4. The van der Waals surface area contributed by atoms with Crippen LogP contribution in [0.2, 0.25) is 0 Å². The van der Waals surface area contributed by atoms with Crippen LogP contribution in [0, 0.1) is 17.8 Å². The third kappa shape index (κ3) is 10.0. The zero-order chi connectivity index (χ0) is 17.9. The van der Waals surface area contributed by atoms with Crippen LogP contribution in [0.1, 0.15) is 48.0 Å². The SMILES string of the molecule is CC(COB1OCCCO1)COB(OCC(C)C(C)C)OC(C)C. The lowest BCUT2D eigenvalue weighted by Crippen LogP contribution is -2.36. The Labute approximate surface area is 148 Å². The molecular formula is C16H34B2O6. The average molecular weight is 344 g/mol. The maximum Gasteiger partial charge on any atom is 0.639 e. The summed E-state index contributed by atoms with van der Waals surface area (Å²) in [4.78, 5) is 0. The van der Waals surface area contributed by atoms with Crippen molar-refractivity contribution in [3.05, 3.63) is 0 Å². The first-order valence-electron chi connectivity index (χ1n) is 9.12. The largest absolute Gasteiger partial charge is 0.639 e. The molecule has 1 rings (SSSR count). The molecule has 2 unspecified atom stereocenters. The van der Waals surface area contributed by atoms with Gasteiger partial charge < -0.3 is 27.9 Å². The van der Waals surface area contributed by atoms with Gasteiger partial charge in [-0.2, -0.15) is 0 Å². The monoisotopic (exact) mass is 344 g/mol. The van der Waals surface area contributed by atoms with Gasteiger partial charge in [-0.05, 0) is 38.0 Å². The third-order valence-electron chi connectivity index (χ3n) is 3.85. The van der Waals surface area contributed by atoms with Crippen molar-refractivity contribution in [1.82, 2.24) is 0 Å². The van der Waals surface area contributed by atoms with Crippen LogP contribution >= 0.6 is 0 Å². The van der Waals surface area contributed by atoms with E-state index in [1.165, 1.54) is 0 Å². The van der Waals surface area contributed by atoms with E-state index in [-0.39, 0.29) is 12.0 Å². The number of hydrogen-bond acceptors (Lipinski definition) is 6. The molecule has 0 aromatic heterocycles. The molecular weight excluding hydrogens is 310 g/mol. The zero-order valence-corrected chi connectivity index (χ0v) is 16.2. The Bertz CT molecular complexity index is 313. The maximum absolute atomic E-state index is 5.79. The Morgan fingerprint density at radius 3 is 2.12 bits per heavy atom. The van der Waals surface area contributed by atoms with E-state index < -0.39 is 14.6 Å². The molecule has 1 saturated heterocycles. The molecule has 0 aromatic rings. The van der Waals surface area contributed by atoms with Gasteiger partial charge in [-0.3, -0.25) is 0 Å². The molecule has 0 aliphatic carbocycles. The Kier molecular flexibility index (Phi) is 11.2. The highest BCUT2D eigenvalue weighted by Crippen LogP contribution is 2.12. The molecule has 1 heterocycles. The van der Waals surface area contributed by atoms with E-state index in [9.17, 15) is 0 Å². The fourth-order valence-electron chi connectivity index (χ4n) is 1.87. The summed E-state index contributed by atoms with van der Waals surface area (Å²) in [6, 6.07) is 0. The van der Waals surface area contributed by atoms with E-state index in [0.29, 0.717) is 44.9 Å². The molecule has 1 fully saturated rings. The normalized spacial score (nSPS) is 18.2. The first kappa shape index (κ1) is 21.9. The van der Waals surface area contributed by atoms with E-state index in [1.54, 1.807) is 0 Å². The summed E-state index contributed by atoms with van der Waals surface area (Å²) in [6.45, 7) is 15.5. The molecule has 0 amide bonds. The fraction of sp³-hybridized carbons (Fsp3) is 1.00. The molecule has 0 saturated carbocycles. The lowest BCUT2D eigenvalue weighted by atomic mass is 9.99. The molecule has 6 nitrogen and oxygen atoms in total. The summed E-state index contributed by atoms with van der Waals surface area (Å²) in [5, 5.41) is 0. The Balaban J connectivity index is 2.25. The smallest absolute Gasteiger partial charge is 0.386 e. The van der Waals surface area contributed by atoms with Gasteiger partial charge in [0.25, 0.3) is 0 Å². The summed E-state index contributed by atoms with van der Waals surface area (Å²) < 4.78 is 33.6. The summed E-state index contributed by atoms with van der Waals surface area (Å²) in [5.74, 6) is 1.20. The average Bonchev–Trinajstić information content (AvgIpc) is 2.55. The van der Waals surface area contributed by atoms with Crippen molar-refractivity contribution in [2.45, 2.75) is 54.1 Å². The Morgan fingerprint density at radius 2 is 1.54 bits per heavy atom. The van der Waals surface area contributed by atoms with E-state index >= 15 is 0 Å². The molecule has 0 aromatic carbocycles.